The van der Waals surface area contributed by atoms with Gasteiger partial charge in [0.05, 0.1) is 39.1 Å². The van der Waals surface area contributed by atoms with E-state index < -0.39 is 6.04 Å². The van der Waals surface area contributed by atoms with Crippen molar-refractivity contribution < 1.29 is 14.3 Å². The summed E-state index contributed by atoms with van der Waals surface area (Å²) >= 11 is 0. The van der Waals surface area contributed by atoms with Crippen molar-refractivity contribution >= 4 is 5.91 Å². The molecular formula is C25H28N6O3. The van der Waals surface area contributed by atoms with Crippen molar-refractivity contribution in [3.8, 4) is 28.8 Å². The Morgan fingerprint density at radius 3 is 2.62 bits per heavy atom. The van der Waals surface area contributed by atoms with E-state index in [4.69, 9.17) is 15.2 Å². The summed E-state index contributed by atoms with van der Waals surface area (Å²) in [6, 6.07) is 14.7. The van der Waals surface area contributed by atoms with E-state index >= 15 is 0 Å². The van der Waals surface area contributed by atoms with Gasteiger partial charge in [-0.2, -0.15) is 5.26 Å². The van der Waals surface area contributed by atoms with Gasteiger partial charge in [-0.25, -0.2) is 4.68 Å². The highest BCUT2D eigenvalue weighted by molar-refractivity contribution is 5.83. The summed E-state index contributed by atoms with van der Waals surface area (Å²) in [7, 11) is 3.22. The lowest BCUT2D eigenvalue weighted by atomic mass is 10.0. The fourth-order valence-corrected chi connectivity index (χ4v) is 4.20. The third-order valence-electron chi connectivity index (χ3n) is 6.04. The number of likely N-dealkylation sites (tertiary alicyclic amines) is 1. The van der Waals surface area contributed by atoms with Gasteiger partial charge in [0.1, 0.15) is 11.7 Å². The number of nitriles is 1. The van der Waals surface area contributed by atoms with E-state index in [9.17, 15) is 10.1 Å². The maximum atomic E-state index is 12.7. The summed E-state index contributed by atoms with van der Waals surface area (Å²) in [6.45, 7) is 1.14. The predicted molar refractivity (Wildman–Crippen MR) is 126 cm³/mol. The zero-order valence-electron chi connectivity index (χ0n) is 19.3. The number of hydrogen-bond donors (Lipinski definition) is 1. The van der Waals surface area contributed by atoms with Crippen LogP contribution in [0, 0.1) is 11.3 Å². The molecule has 9 nitrogen and oxygen atoms in total. The van der Waals surface area contributed by atoms with Gasteiger partial charge in [0.2, 0.25) is 5.91 Å². The Morgan fingerprint density at radius 1 is 1.18 bits per heavy atom. The number of rotatable bonds is 8. The van der Waals surface area contributed by atoms with Gasteiger partial charge >= 0.3 is 0 Å². The molecule has 0 spiro atoms. The first-order valence-electron chi connectivity index (χ1n) is 11.2. The summed E-state index contributed by atoms with van der Waals surface area (Å²) in [5.41, 5.74) is 9.81. The molecule has 0 unspecified atom stereocenters. The van der Waals surface area contributed by atoms with Gasteiger partial charge in [0.15, 0.2) is 11.5 Å². The van der Waals surface area contributed by atoms with Gasteiger partial charge in [0.25, 0.3) is 0 Å². The quantitative estimate of drug-likeness (QED) is 0.548. The maximum Gasteiger partial charge on any atom is 0.240 e. The van der Waals surface area contributed by atoms with E-state index in [2.05, 4.69) is 16.4 Å². The Labute approximate surface area is 198 Å². The first-order chi connectivity index (χ1) is 16.5. The highest BCUT2D eigenvalue weighted by Crippen LogP contribution is 2.28. The van der Waals surface area contributed by atoms with Crippen LogP contribution >= 0.6 is 0 Å². The minimum Gasteiger partial charge on any atom is -0.493 e. The first-order valence-corrected chi connectivity index (χ1v) is 11.2. The summed E-state index contributed by atoms with van der Waals surface area (Å²) in [4.78, 5) is 14.3. The molecule has 176 valence electrons. The molecule has 1 saturated heterocycles. The van der Waals surface area contributed by atoms with E-state index in [1.807, 2.05) is 48.7 Å². The monoisotopic (exact) mass is 460 g/mol. The molecule has 1 fully saturated rings. The molecule has 2 heterocycles. The molecule has 2 atom stereocenters. The molecule has 0 bridgehead atoms. The number of benzene rings is 2. The van der Waals surface area contributed by atoms with Crippen molar-refractivity contribution in [1.29, 1.82) is 5.26 Å². The van der Waals surface area contributed by atoms with Gasteiger partial charge in [-0.05, 0) is 42.5 Å². The molecule has 1 amide bonds. The standard InChI is InChI=1S/C25H28N6O3/c1-33-23-10-7-18(13-24(23)34-2)15-30-16-22(28-29-30)19-8-5-17(6-9-19)12-21(27)25(32)31-11-3-4-20(31)14-26/h5-10,13,16,20-21H,3-4,11-12,15,27H2,1-2H3/t20-,21-/m0/s1. The van der Waals surface area contributed by atoms with Gasteiger partial charge in [-0.3, -0.25) is 4.79 Å². The number of carbonyl (C=O) groups is 1. The number of nitrogens with zero attached hydrogens (tertiary/aromatic N) is 5. The minimum atomic E-state index is -0.665. The minimum absolute atomic E-state index is 0.161. The van der Waals surface area contributed by atoms with E-state index in [1.165, 1.54) is 0 Å². The van der Waals surface area contributed by atoms with Crippen molar-refractivity contribution in [2.75, 3.05) is 20.8 Å². The third kappa shape index (κ3) is 5.02. The molecule has 1 aromatic heterocycles. The fraction of sp³-hybridized carbons (Fsp3) is 0.360. The zero-order chi connectivity index (χ0) is 24.1. The lowest BCUT2D eigenvalue weighted by Crippen LogP contribution is -2.46. The van der Waals surface area contributed by atoms with Crippen LogP contribution in [0.1, 0.15) is 24.0 Å². The van der Waals surface area contributed by atoms with Crippen molar-refractivity contribution in [2.45, 2.75) is 37.9 Å². The number of amides is 1. The van der Waals surface area contributed by atoms with Crippen LogP contribution in [0.15, 0.2) is 48.7 Å². The van der Waals surface area contributed by atoms with Crippen LogP contribution in [0.5, 0.6) is 11.5 Å². The smallest absolute Gasteiger partial charge is 0.240 e. The summed E-state index contributed by atoms with van der Waals surface area (Å²) in [5, 5.41) is 17.7. The van der Waals surface area contributed by atoms with Crippen molar-refractivity contribution in [2.24, 2.45) is 5.73 Å². The largest absolute Gasteiger partial charge is 0.493 e. The number of ether oxygens (including phenoxy) is 2. The van der Waals surface area contributed by atoms with Crippen LogP contribution in [-0.4, -0.2) is 58.6 Å². The number of hydrogen-bond acceptors (Lipinski definition) is 7. The molecule has 0 saturated carbocycles. The SMILES string of the molecule is COc1ccc(Cn2cc(-c3ccc(C[C@H](N)C(=O)N4CCC[C@H]4C#N)cc3)nn2)cc1OC. The van der Waals surface area contributed by atoms with Crippen molar-refractivity contribution in [1.82, 2.24) is 19.9 Å². The second kappa shape index (κ2) is 10.4. The number of methoxy groups -OCH3 is 2. The van der Waals surface area contributed by atoms with Crippen LogP contribution in [0.2, 0.25) is 0 Å². The normalized spacial score (nSPS) is 16.2. The van der Waals surface area contributed by atoms with E-state index in [0.29, 0.717) is 31.0 Å². The molecule has 34 heavy (non-hydrogen) atoms. The Bertz CT molecular complexity index is 1180. The van der Waals surface area contributed by atoms with Gasteiger partial charge in [0, 0.05) is 12.1 Å². The molecule has 1 aliphatic rings. The van der Waals surface area contributed by atoms with Gasteiger partial charge in [-0.15, -0.1) is 5.10 Å². The van der Waals surface area contributed by atoms with Crippen molar-refractivity contribution in [3.63, 3.8) is 0 Å². The Kier molecular flexibility index (Phi) is 7.09. The van der Waals surface area contributed by atoms with Gasteiger partial charge in [-0.1, -0.05) is 35.5 Å². The molecular weight excluding hydrogens is 432 g/mol. The second-order valence-corrected chi connectivity index (χ2v) is 8.32. The molecule has 0 aliphatic carbocycles. The summed E-state index contributed by atoms with van der Waals surface area (Å²) in [5.74, 6) is 1.18. The van der Waals surface area contributed by atoms with Crippen molar-refractivity contribution in [3.05, 3.63) is 59.8 Å². The average Bonchev–Trinajstić information content (AvgIpc) is 3.53. The number of carbonyl (C=O) groups excluding carboxylic acids is 1. The zero-order valence-corrected chi connectivity index (χ0v) is 19.3. The molecule has 2 N–H and O–H groups in total. The lowest BCUT2D eigenvalue weighted by molar-refractivity contribution is -0.132. The second-order valence-electron chi connectivity index (χ2n) is 8.32. The topological polar surface area (TPSA) is 119 Å². The molecule has 3 aromatic rings. The highest BCUT2D eigenvalue weighted by atomic mass is 16.5. The van der Waals surface area contributed by atoms with E-state index in [1.54, 1.807) is 23.8 Å². The lowest BCUT2D eigenvalue weighted by Gasteiger charge is -2.23. The fourth-order valence-electron chi connectivity index (χ4n) is 4.20. The first kappa shape index (κ1) is 23.3. The van der Waals surface area contributed by atoms with Crippen LogP contribution < -0.4 is 15.2 Å². The predicted octanol–water partition coefficient (Wildman–Crippen LogP) is 2.39. The van der Waals surface area contributed by atoms with Crippen LogP contribution in [0.3, 0.4) is 0 Å². The molecule has 9 heteroatoms. The number of aromatic nitrogens is 3. The Morgan fingerprint density at radius 2 is 1.91 bits per heavy atom. The number of nitrogens with two attached hydrogens (primary N) is 1. The Balaban J connectivity index is 1.39. The van der Waals surface area contributed by atoms with Crippen LogP contribution in [0.25, 0.3) is 11.3 Å². The van der Waals surface area contributed by atoms with E-state index in [-0.39, 0.29) is 11.9 Å². The van der Waals surface area contributed by atoms with Crippen LogP contribution in [0.4, 0.5) is 0 Å². The Hall–Kier alpha value is -3.90. The third-order valence-corrected chi connectivity index (χ3v) is 6.04. The van der Waals surface area contributed by atoms with Gasteiger partial charge < -0.3 is 20.1 Å². The molecule has 0 radical (unpaired) electrons. The van der Waals surface area contributed by atoms with Crippen LogP contribution in [-0.2, 0) is 17.8 Å². The summed E-state index contributed by atoms with van der Waals surface area (Å²) < 4.78 is 12.4. The molecule has 4 rings (SSSR count). The summed E-state index contributed by atoms with van der Waals surface area (Å²) in [6.07, 6.45) is 3.87. The maximum absolute atomic E-state index is 12.7. The molecule has 1 aliphatic heterocycles. The van der Waals surface area contributed by atoms with E-state index in [0.717, 1.165) is 35.2 Å². The average molecular weight is 461 g/mol. The highest BCUT2D eigenvalue weighted by Gasteiger charge is 2.31. The molecule has 2 aromatic carbocycles.